The number of carbonyl (C=O) groups is 1. The fourth-order valence-electron chi connectivity index (χ4n) is 2.50. The van der Waals surface area contributed by atoms with Crippen LogP contribution in [0.2, 0.25) is 5.02 Å². The molecule has 4 nitrogen and oxygen atoms in total. The maximum atomic E-state index is 11.9. The van der Waals surface area contributed by atoms with Gasteiger partial charge in [0, 0.05) is 36.3 Å². The first-order valence-corrected chi connectivity index (χ1v) is 7.46. The maximum absolute atomic E-state index is 11.9. The highest BCUT2D eigenvalue weighted by Crippen LogP contribution is 2.16. The first-order chi connectivity index (χ1) is 9.54. The van der Waals surface area contributed by atoms with Gasteiger partial charge in [-0.15, -0.1) is 12.4 Å². The second kappa shape index (κ2) is 8.59. The van der Waals surface area contributed by atoms with Crippen LogP contribution in [-0.2, 0) is 4.79 Å². The number of nitrogens with zero attached hydrogens (tertiary/aromatic N) is 1. The van der Waals surface area contributed by atoms with Gasteiger partial charge in [-0.05, 0) is 37.1 Å². The van der Waals surface area contributed by atoms with Gasteiger partial charge in [0.1, 0.15) is 0 Å². The number of carbonyl (C=O) groups excluding carboxylic acids is 1. The molecule has 1 amide bonds. The molecule has 0 bridgehead atoms. The molecular weight excluding hydrogens is 309 g/mol. The van der Waals surface area contributed by atoms with Crippen molar-refractivity contribution in [3.05, 3.63) is 29.3 Å². The van der Waals surface area contributed by atoms with E-state index in [1.165, 1.54) is 0 Å². The SMILES string of the molecule is CC1CN(CCC(=O)Nc2cccc(Cl)c2)CCC1N.Cl. The third kappa shape index (κ3) is 5.83. The Hall–Kier alpha value is -0.810. The van der Waals surface area contributed by atoms with Crippen LogP contribution in [0.15, 0.2) is 24.3 Å². The number of rotatable bonds is 4. The van der Waals surface area contributed by atoms with E-state index in [1.54, 1.807) is 12.1 Å². The third-order valence-corrected chi connectivity index (χ3v) is 4.05. The molecule has 1 aliphatic heterocycles. The van der Waals surface area contributed by atoms with Crippen LogP contribution >= 0.6 is 24.0 Å². The van der Waals surface area contributed by atoms with Crippen LogP contribution in [0.3, 0.4) is 0 Å². The van der Waals surface area contributed by atoms with Crippen molar-refractivity contribution < 1.29 is 4.79 Å². The number of anilines is 1. The lowest BCUT2D eigenvalue weighted by Crippen LogP contribution is -2.46. The predicted molar refractivity (Wildman–Crippen MR) is 90.1 cm³/mol. The molecule has 0 aromatic heterocycles. The standard InChI is InChI=1S/C15H22ClN3O.ClH/c1-11-10-19(7-5-14(11)17)8-6-15(20)18-13-4-2-3-12(16)9-13;/h2-4,9,11,14H,5-8,10,17H2,1H3,(H,18,20);1H. The summed E-state index contributed by atoms with van der Waals surface area (Å²) in [4.78, 5) is 14.2. The molecule has 3 N–H and O–H groups in total. The summed E-state index contributed by atoms with van der Waals surface area (Å²) in [6.07, 6.45) is 1.51. The van der Waals surface area contributed by atoms with Gasteiger partial charge in [0.15, 0.2) is 0 Å². The summed E-state index contributed by atoms with van der Waals surface area (Å²) in [5, 5.41) is 3.49. The van der Waals surface area contributed by atoms with Crippen LogP contribution in [0.1, 0.15) is 19.8 Å². The quantitative estimate of drug-likeness (QED) is 0.891. The Morgan fingerprint density at radius 3 is 2.95 bits per heavy atom. The molecule has 0 saturated carbocycles. The molecular formula is C15H23Cl2N3O. The van der Waals surface area contributed by atoms with Crippen molar-refractivity contribution in [2.45, 2.75) is 25.8 Å². The number of nitrogens with one attached hydrogen (secondary N) is 1. The second-order valence-electron chi connectivity index (χ2n) is 5.54. The summed E-state index contributed by atoms with van der Waals surface area (Å²) in [6, 6.07) is 7.50. The summed E-state index contributed by atoms with van der Waals surface area (Å²) >= 11 is 5.89. The number of hydrogen-bond donors (Lipinski definition) is 2. The number of piperidine rings is 1. The van der Waals surface area contributed by atoms with E-state index >= 15 is 0 Å². The van der Waals surface area contributed by atoms with Crippen LogP contribution < -0.4 is 11.1 Å². The normalized spacial score (nSPS) is 22.4. The molecule has 1 saturated heterocycles. The molecule has 1 aromatic rings. The minimum Gasteiger partial charge on any atom is -0.327 e. The molecule has 1 heterocycles. The van der Waals surface area contributed by atoms with E-state index in [9.17, 15) is 4.79 Å². The highest BCUT2D eigenvalue weighted by atomic mass is 35.5. The van der Waals surface area contributed by atoms with E-state index in [2.05, 4.69) is 17.1 Å². The predicted octanol–water partition coefficient (Wildman–Crippen LogP) is 2.76. The van der Waals surface area contributed by atoms with Gasteiger partial charge < -0.3 is 16.0 Å². The number of benzene rings is 1. The molecule has 0 spiro atoms. The summed E-state index contributed by atoms with van der Waals surface area (Å²) in [5.74, 6) is 0.523. The van der Waals surface area contributed by atoms with Gasteiger partial charge in [-0.1, -0.05) is 24.6 Å². The Morgan fingerprint density at radius 2 is 2.29 bits per heavy atom. The van der Waals surface area contributed by atoms with Crippen molar-refractivity contribution in [1.29, 1.82) is 0 Å². The lowest BCUT2D eigenvalue weighted by atomic mass is 9.95. The van der Waals surface area contributed by atoms with Crippen LogP contribution in [0, 0.1) is 5.92 Å². The first-order valence-electron chi connectivity index (χ1n) is 7.08. The Labute approximate surface area is 137 Å². The largest absolute Gasteiger partial charge is 0.327 e. The van der Waals surface area contributed by atoms with Crippen LogP contribution in [-0.4, -0.2) is 36.5 Å². The fourth-order valence-corrected chi connectivity index (χ4v) is 2.69. The highest BCUT2D eigenvalue weighted by molar-refractivity contribution is 6.30. The Morgan fingerprint density at radius 1 is 1.52 bits per heavy atom. The highest BCUT2D eigenvalue weighted by Gasteiger charge is 2.23. The zero-order valence-corrected chi connectivity index (χ0v) is 13.8. The van der Waals surface area contributed by atoms with E-state index in [4.69, 9.17) is 17.3 Å². The second-order valence-corrected chi connectivity index (χ2v) is 5.98. The third-order valence-electron chi connectivity index (χ3n) is 3.82. The van der Waals surface area contributed by atoms with E-state index in [0.29, 0.717) is 23.4 Å². The molecule has 118 valence electrons. The smallest absolute Gasteiger partial charge is 0.225 e. The van der Waals surface area contributed by atoms with Gasteiger partial charge in [-0.3, -0.25) is 4.79 Å². The molecule has 1 aliphatic rings. The lowest BCUT2D eigenvalue weighted by molar-refractivity contribution is -0.116. The van der Waals surface area contributed by atoms with Gasteiger partial charge in [0.25, 0.3) is 0 Å². The lowest BCUT2D eigenvalue weighted by Gasteiger charge is -2.34. The van der Waals surface area contributed by atoms with E-state index in [-0.39, 0.29) is 18.3 Å². The van der Waals surface area contributed by atoms with Crippen LogP contribution in [0.5, 0.6) is 0 Å². The minimum absolute atomic E-state index is 0. The maximum Gasteiger partial charge on any atom is 0.225 e. The van der Waals surface area contributed by atoms with E-state index in [0.717, 1.165) is 31.7 Å². The van der Waals surface area contributed by atoms with E-state index in [1.807, 2.05) is 12.1 Å². The first kappa shape index (κ1) is 18.2. The Balaban J connectivity index is 0.00000220. The molecule has 21 heavy (non-hydrogen) atoms. The van der Waals surface area contributed by atoms with Crippen LogP contribution in [0.4, 0.5) is 5.69 Å². The number of hydrogen-bond acceptors (Lipinski definition) is 3. The Kier molecular flexibility index (Phi) is 7.46. The summed E-state index contributed by atoms with van der Waals surface area (Å²) in [5.41, 5.74) is 6.74. The van der Waals surface area contributed by atoms with Gasteiger partial charge in [0.2, 0.25) is 5.91 Å². The molecule has 0 radical (unpaired) electrons. The number of amides is 1. The number of nitrogens with two attached hydrogens (primary N) is 1. The minimum atomic E-state index is 0. The average molecular weight is 332 g/mol. The molecule has 0 aliphatic carbocycles. The van der Waals surface area contributed by atoms with Gasteiger partial charge >= 0.3 is 0 Å². The molecule has 2 atom stereocenters. The van der Waals surface area contributed by atoms with Gasteiger partial charge in [-0.2, -0.15) is 0 Å². The molecule has 6 heteroatoms. The Bertz CT molecular complexity index is 470. The number of likely N-dealkylation sites (tertiary alicyclic amines) is 1. The number of halogens is 2. The average Bonchev–Trinajstić information content (AvgIpc) is 2.40. The monoisotopic (exact) mass is 331 g/mol. The van der Waals surface area contributed by atoms with Crippen molar-refractivity contribution >= 4 is 35.6 Å². The molecule has 1 aromatic carbocycles. The van der Waals surface area contributed by atoms with Crippen molar-refractivity contribution in [1.82, 2.24) is 4.90 Å². The summed E-state index contributed by atoms with van der Waals surface area (Å²) in [7, 11) is 0. The van der Waals surface area contributed by atoms with Crippen molar-refractivity contribution in [3.63, 3.8) is 0 Å². The zero-order valence-electron chi connectivity index (χ0n) is 12.2. The molecule has 2 rings (SSSR count). The van der Waals surface area contributed by atoms with Crippen molar-refractivity contribution in [3.8, 4) is 0 Å². The van der Waals surface area contributed by atoms with Crippen LogP contribution in [0.25, 0.3) is 0 Å². The van der Waals surface area contributed by atoms with Crippen molar-refractivity contribution in [2.75, 3.05) is 25.0 Å². The van der Waals surface area contributed by atoms with E-state index < -0.39 is 0 Å². The fraction of sp³-hybridized carbons (Fsp3) is 0.533. The summed E-state index contributed by atoms with van der Waals surface area (Å²) in [6.45, 7) is 4.91. The van der Waals surface area contributed by atoms with Gasteiger partial charge in [0.05, 0.1) is 0 Å². The summed E-state index contributed by atoms with van der Waals surface area (Å²) < 4.78 is 0. The van der Waals surface area contributed by atoms with Gasteiger partial charge in [-0.25, -0.2) is 0 Å². The zero-order chi connectivity index (χ0) is 14.5. The topological polar surface area (TPSA) is 58.4 Å². The molecule has 2 unspecified atom stereocenters. The van der Waals surface area contributed by atoms with Crippen molar-refractivity contribution in [2.24, 2.45) is 11.7 Å². The molecule has 1 fully saturated rings.